The predicted molar refractivity (Wildman–Crippen MR) is 149 cm³/mol. The Morgan fingerprint density at radius 2 is 1.39 bits per heavy atom. The van der Waals surface area contributed by atoms with Gasteiger partial charge in [-0.05, 0) is 0 Å². The number of hydrogen-bond acceptors (Lipinski definition) is 17. The lowest BCUT2D eigenvalue weighted by Crippen LogP contribution is -2.29. The summed E-state index contributed by atoms with van der Waals surface area (Å²) < 4.78 is 44.1. The quantitative estimate of drug-likeness (QED) is 0.0492. The summed E-state index contributed by atoms with van der Waals surface area (Å²) in [5.41, 5.74) is 10.0. The number of halogens is 2. The second kappa shape index (κ2) is 13.9. The summed E-state index contributed by atoms with van der Waals surface area (Å²) in [6.45, 7) is -2.28. The number of anilines is 2. The minimum Gasteiger partial charge on any atom is -0.394 e. The van der Waals surface area contributed by atoms with Gasteiger partial charge < -0.3 is 46.3 Å². The first-order valence-electron chi connectivity index (χ1n) is 13.3. The van der Waals surface area contributed by atoms with E-state index in [1.807, 2.05) is 0 Å². The Morgan fingerprint density at radius 1 is 0.891 bits per heavy atom. The third-order valence-corrected chi connectivity index (χ3v) is 7.71. The van der Waals surface area contributed by atoms with E-state index in [1.54, 1.807) is 0 Å². The van der Waals surface area contributed by atoms with E-state index < -0.39 is 94.7 Å². The molecule has 2 aliphatic heterocycles. The largest absolute Gasteiger partial charge is 0.394 e. The molecule has 4 aromatic heterocycles. The number of aromatic amines is 2. The third kappa shape index (κ3) is 6.29. The van der Waals surface area contributed by atoms with Crippen LogP contribution in [0.5, 0.6) is 0 Å². The molecular weight excluding hydrogens is 649 g/mol. The minimum absolute atomic E-state index is 0.0317. The number of nitrogen functional groups attached to an aromatic ring is 2. The van der Waals surface area contributed by atoms with Gasteiger partial charge in [-0.3, -0.25) is 37.5 Å². The molecule has 0 aliphatic carbocycles. The fraction of sp³-hybridized carbons (Fsp3) is 0.545. The first kappa shape index (κ1) is 33.6. The number of H-pyrrole nitrogens is 2. The standard InChI is InChI=1S/C11H15FN5O7P.C11H14FN5O4/c12-1-4-6(19)9(22-10(4)23-24-25(21)3-18)17-2-14-5-7(17)15-11(13)16-8(5)20;12-1-4-5(2-18)21-10(7(4)19)17-3-14-6-8(17)15-11(13)16-9(6)20/h2,4,6,9-10,18-19,21H,1,3H2,(H3,13,15,16,20);3-5,7,10,18-19H,1-2H2,(H3,13,15,16,20)/t4?,6-,9+,10+,25?;4?,5-,7+,10-/m01/s1. The summed E-state index contributed by atoms with van der Waals surface area (Å²) in [4.78, 5) is 57.7. The van der Waals surface area contributed by atoms with Gasteiger partial charge in [-0.1, -0.05) is 0 Å². The lowest BCUT2D eigenvalue weighted by molar-refractivity contribution is -0.328. The van der Waals surface area contributed by atoms with E-state index in [4.69, 9.17) is 30.9 Å². The maximum atomic E-state index is 13.3. The zero-order valence-electron chi connectivity index (χ0n) is 23.3. The maximum Gasteiger partial charge on any atom is 0.280 e. The molecule has 4 aromatic rings. The van der Waals surface area contributed by atoms with E-state index in [0.717, 1.165) is 0 Å². The van der Waals surface area contributed by atoms with Crippen molar-refractivity contribution < 1.29 is 53.1 Å². The van der Waals surface area contributed by atoms with Gasteiger partial charge in [0.25, 0.3) is 11.1 Å². The van der Waals surface area contributed by atoms with Crippen molar-refractivity contribution in [3.8, 4) is 0 Å². The summed E-state index contributed by atoms with van der Waals surface area (Å²) in [7, 11) is -2.27. The number of nitrogens with two attached hydrogens (primary N) is 2. The van der Waals surface area contributed by atoms with Gasteiger partial charge in [-0.2, -0.15) is 19.5 Å². The highest BCUT2D eigenvalue weighted by molar-refractivity contribution is 7.45. The monoisotopic (exact) mass is 678 g/mol. The molecule has 0 amide bonds. The Labute approximate surface area is 255 Å². The molecule has 0 spiro atoms. The number of nitrogens with zero attached hydrogens (tertiary/aromatic N) is 6. The van der Waals surface area contributed by atoms with Crippen molar-refractivity contribution in [3.05, 3.63) is 33.4 Å². The highest BCUT2D eigenvalue weighted by Gasteiger charge is 2.47. The average Bonchev–Trinajstić information content (AvgIpc) is 3.79. The van der Waals surface area contributed by atoms with E-state index in [-0.39, 0.29) is 34.2 Å². The van der Waals surface area contributed by atoms with Crippen molar-refractivity contribution in [2.24, 2.45) is 11.8 Å². The molecule has 0 saturated carbocycles. The van der Waals surface area contributed by atoms with Crippen molar-refractivity contribution in [1.29, 1.82) is 0 Å². The molecule has 11 N–H and O–H groups in total. The van der Waals surface area contributed by atoms with Gasteiger partial charge in [0.05, 0.1) is 44.6 Å². The number of fused-ring (bicyclic) bond motifs is 2. The predicted octanol–water partition coefficient (Wildman–Crippen LogP) is -2.76. The van der Waals surface area contributed by atoms with Gasteiger partial charge in [0.15, 0.2) is 34.8 Å². The van der Waals surface area contributed by atoms with Gasteiger partial charge in [-0.25, -0.2) is 9.97 Å². The number of hydrogen-bond donors (Lipinski definition) is 9. The van der Waals surface area contributed by atoms with Crippen LogP contribution in [0.2, 0.25) is 0 Å². The van der Waals surface area contributed by atoms with Crippen LogP contribution in [0.25, 0.3) is 22.3 Å². The summed E-state index contributed by atoms with van der Waals surface area (Å²) in [5.74, 6) is -2.29. The normalized spacial score (nSPS) is 28.5. The molecule has 3 unspecified atom stereocenters. The second-order valence-corrected chi connectivity index (χ2v) is 11.1. The van der Waals surface area contributed by atoms with Crippen LogP contribution in [0, 0.1) is 11.8 Å². The Morgan fingerprint density at radius 3 is 1.85 bits per heavy atom. The van der Waals surface area contributed by atoms with Gasteiger partial charge in [0.2, 0.25) is 26.6 Å². The first-order valence-corrected chi connectivity index (χ1v) is 14.7. The number of aliphatic hydroxyl groups is 4. The van der Waals surface area contributed by atoms with Crippen molar-refractivity contribution in [2.45, 2.75) is 37.1 Å². The van der Waals surface area contributed by atoms with Crippen LogP contribution in [0.1, 0.15) is 12.5 Å². The molecular formula is C22H29F2N10O11P. The van der Waals surface area contributed by atoms with E-state index in [9.17, 15) is 38.6 Å². The molecule has 2 saturated heterocycles. The van der Waals surface area contributed by atoms with Crippen molar-refractivity contribution in [1.82, 2.24) is 39.0 Å². The molecule has 21 nitrogen and oxygen atoms in total. The van der Waals surface area contributed by atoms with Crippen LogP contribution in [-0.4, -0.2) is 115 Å². The Balaban J connectivity index is 0.000000184. The van der Waals surface area contributed by atoms with Crippen molar-refractivity contribution in [3.63, 3.8) is 0 Å². The zero-order chi connectivity index (χ0) is 33.3. The van der Waals surface area contributed by atoms with E-state index >= 15 is 0 Å². The van der Waals surface area contributed by atoms with Crippen LogP contribution in [0.4, 0.5) is 20.7 Å². The summed E-state index contributed by atoms with van der Waals surface area (Å²) in [6, 6.07) is 0. The van der Waals surface area contributed by atoms with Crippen LogP contribution >= 0.6 is 8.38 Å². The third-order valence-electron chi connectivity index (χ3n) is 7.21. The van der Waals surface area contributed by atoms with Gasteiger partial charge >= 0.3 is 0 Å². The molecule has 0 aromatic carbocycles. The number of alkyl halides is 2. The number of aliphatic hydroxyl groups excluding tert-OH is 4. The van der Waals surface area contributed by atoms with Crippen molar-refractivity contribution >= 4 is 42.6 Å². The summed E-state index contributed by atoms with van der Waals surface area (Å²) in [6.07, 6.45) is -5.23. The molecule has 2 fully saturated rings. The first-order chi connectivity index (χ1) is 22.0. The smallest absolute Gasteiger partial charge is 0.280 e. The Bertz CT molecular complexity index is 1770. The Hall–Kier alpha value is -3.77. The molecule has 24 heteroatoms. The van der Waals surface area contributed by atoms with E-state index in [0.29, 0.717) is 0 Å². The molecule has 0 bridgehead atoms. The molecule has 2 aliphatic rings. The molecule has 6 heterocycles. The van der Waals surface area contributed by atoms with Gasteiger partial charge in [0.1, 0.15) is 18.6 Å². The van der Waals surface area contributed by atoms with Crippen LogP contribution in [-0.2, 0) is 19.0 Å². The number of nitrogens with one attached hydrogen (secondary N) is 2. The van der Waals surface area contributed by atoms with Crippen LogP contribution < -0.4 is 22.6 Å². The van der Waals surface area contributed by atoms with Crippen LogP contribution in [0.15, 0.2) is 22.2 Å². The molecule has 252 valence electrons. The van der Waals surface area contributed by atoms with Gasteiger partial charge in [0, 0.05) is 5.92 Å². The molecule has 46 heavy (non-hydrogen) atoms. The molecule has 9 atom stereocenters. The SMILES string of the molecule is Nc1nc2c(ncn2[C@@H]2O[C@H](CO)C(CF)[C@@H]2O)c(=O)[nH]1.Nc1nc2c(ncn2[C@@H]2O[C@H](OOP(O)CO)C(CF)[C@@H]2O)c(=O)[nH]1. The van der Waals surface area contributed by atoms with Crippen molar-refractivity contribution in [2.75, 3.05) is 37.8 Å². The van der Waals surface area contributed by atoms with Crippen LogP contribution in [0.3, 0.4) is 0 Å². The summed E-state index contributed by atoms with van der Waals surface area (Å²) in [5, 5.41) is 38.3. The topological polar surface area (TPSA) is 317 Å². The minimum atomic E-state index is -2.27. The lowest BCUT2D eigenvalue weighted by Gasteiger charge is -2.17. The number of rotatable bonds is 9. The highest BCUT2D eigenvalue weighted by Crippen LogP contribution is 2.39. The molecule has 6 rings (SSSR count). The number of imidazole rings is 2. The number of ether oxygens (including phenoxy) is 2. The van der Waals surface area contributed by atoms with Gasteiger partial charge in [-0.15, -0.1) is 0 Å². The number of aromatic nitrogens is 8. The Kier molecular flexibility index (Phi) is 10.2. The lowest BCUT2D eigenvalue weighted by atomic mass is 10.0. The van der Waals surface area contributed by atoms with E-state index in [2.05, 4.69) is 34.6 Å². The maximum absolute atomic E-state index is 13.3. The zero-order valence-corrected chi connectivity index (χ0v) is 24.2. The summed E-state index contributed by atoms with van der Waals surface area (Å²) >= 11 is 0. The average molecular weight is 679 g/mol. The molecule has 0 radical (unpaired) electrons. The second-order valence-electron chi connectivity index (χ2n) is 9.98. The van der Waals surface area contributed by atoms with E-state index in [1.165, 1.54) is 21.8 Å². The highest BCUT2D eigenvalue weighted by atomic mass is 31.2. The fourth-order valence-electron chi connectivity index (χ4n) is 4.94. The fourth-order valence-corrected chi connectivity index (χ4v) is 5.18.